The number of rotatable bonds is 4. The first-order valence-electron chi connectivity index (χ1n) is 8.16. The van der Waals surface area contributed by atoms with Crippen molar-refractivity contribution in [3.8, 4) is 0 Å². The van der Waals surface area contributed by atoms with Crippen LogP contribution in [-0.2, 0) is 9.59 Å². The first kappa shape index (κ1) is 18.6. The molecule has 2 aromatic carbocycles. The van der Waals surface area contributed by atoms with Crippen LogP contribution >= 0.6 is 0 Å². The van der Waals surface area contributed by atoms with E-state index in [0.29, 0.717) is 5.56 Å². The lowest BCUT2D eigenvalue weighted by atomic mass is 9.87. The third-order valence-electron chi connectivity index (χ3n) is 4.39. The fourth-order valence-corrected chi connectivity index (χ4v) is 3.06. The van der Waals surface area contributed by atoms with Crippen molar-refractivity contribution in [2.75, 3.05) is 18.9 Å². The Morgan fingerprint density at radius 3 is 2.70 bits per heavy atom. The summed E-state index contributed by atoms with van der Waals surface area (Å²) in [6, 6.07) is 7.70. The predicted molar refractivity (Wildman–Crippen MR) is 94.1 cm³/mol. The summed E-state index contributed by atoms with van der Waals surface area (Å²) in [6.45, 7) is 0.128. The molecule has 1 heterocycles. The first-order chi connectivity index (χ1) is 12.9. The van der Waals surface area contributed by atoms with E-state index in [0.717, 1.165) is 6.07 Å². The van der Waals surface area contributed by atoms with E-state index in [1.54, 1.807) is 6.07 Å². The van der Waals surface area contributed by atoms with Gasteiger partial charge < -0.3 is 10.6 Å². The van der Waals surface area contributed by atoms with Gasteiger partial charge in [0.15, 0.2) is 11.6 Å². The molecule has 3 rings (SSSR count). The van der Waals surface area contributed by atoms with Gasteiger partial charge in [0.25, 0.3) is 0 Å². The number of carbonyl (C=O) groups excluding carboxylic acids is 2. The van der Waals surface area contributed by atoms with E-state index in [1.807, 2.05) is 0 Å². The lowest BCUT2D eigenvalue weighted by molar-refractivity contribution is -0.130. The molecule has 140 valence electrons. The van der Waals surface area contributed by atoms with Gasteiger partial charge >= 0.3 is 0 Å². The lowest BCUT2D eigenvalue weighted by Gasteiger charge is -2.17. The van der Waals surface area contributed by atoms with Crippen molar-refractivity contribution < 1.29 is 22.8 Å². The lowest BCUT2D eigenvalue weighted by Crippen LogP contribution is -2.32. The second-order valence-electron chi connectivity index (χ2n) is 6.09. The van der Waals surface area contributed by atoms with Crippen molar-refractivity contribution >= 4 is 23.7 Å². The van der Waals surface area contributed by atoms with Gasteiger partial charge in [0.05, 0.1) is 5.69 Å². The summed E-state index contributed by atoms with van der Waals surface area (Å²) in [6.07, 6.45) is 1.36. The summed E-state index contributed by atoms with van der Waals surface area (Å²) in [7, 11) is 1.51. The Morgan fingerprint density at radius 1 is 1.22 bits per heavy atom. The number of nitrogens with one attached hydrogen (secondary N) is 2. The van der Waals surface area contributed by atoms with Gasteiger partial charge in [-0.1, -0.05) is 18.2 Å². The summed E-state index contributed by atoms with van der Waals surface area (Å²) in [5.41, 5.74) is 0.361. The van der Waals surface area contributed by atoms with E-state index in [-0.39, 0.29) is 17.8 Å². The van der Waals surface area contributed by atoms with Gasteiger partial charge in [-0.3, -0.25) is 14.6 Å². The van der Waals surface area contributed by atoms with Gasteiger partial charge in [-0.25, -0.2) is 13.2 Å². The van der Waals surface area contributed by atoms with E-state index < -0.39 is 41.1 Å². The van der Waals surface area contributed by atoms with Crippen molar-refractivity contribution in [3.63, 3.8) is 0 Å². The SMILES string of the molecule is C/N=C\c1ccc([C@H]2CNC(=O)[C@@H]2C(=O)Nc2cccc(F)c2F)cc1F. The topological polar surface area (TPSA) is 70.6 Å². The average Bonchev–Trinajstić information content (AvgIpc) is 3.02. The van der Waals surface area contributed by atoms with E-state index in [9.17, 15) is 22.8 Å². The van der Waals surface area contributed by atoms with Crippen molar-refractivity contribution in [1.29, 1.82) is 0 Å². The standard InChI is InChI=1S/C19H16F3N3O2/c1-23-8-11-6-5-10(7-14(11)21)12-9-24-18(26)16(12)19(27)25-15-4-2-3-13(20)17(15)22/h2-8,12,16H,9H2,1H3,(H,24,26)(H,25,27)/b23-8-/t12-,16-/m1/s1. The maximum atomic E-state index is 14.2. The van der Waals surface area contributed by atoms with Gasteiger partial charge in [0.1, 0.15) is 11.7 Å². The predicted octanol–water partition coefficient (Wildman–Crippen LogP) is 2.62. The average molecular weight is 375 g/mol. The summed E-state index contributed by atoms with van der Waals surface area (Å²) >= 11 is 0. The molecule has 1 saturated heterocycles. The number of benzene rings is 2. The zero-order valence-corrected chi connectivity index (χ0v) is 14.3. The summed E-state index contributed by atoms with van der Waals surface area (Å²) in [5, 5.41) is 4.79. The highest BCUT2D eigenvalue weighted by Gasteiger charge is 2.41. The highest BCUT2D eigenvalue weighted by molar-refractivity contribution is 6.08. The first-order valence-corrected chi connectivity index (χ1v) is 8.16. The molecule has 1 aliphatic heterocycles. The van der Waals surface area contributed by atoms with E-state index in [2.05, 4.69) is 15.6 Å². The van der Waals surface area contributed by atoms with Crippen LogP contribution in [0.3, 0.4) is 0 Å². The minimum Gasteiger partial charge on any atom is -0.355 e. The van der Waals surface area contributed by atoms with Crippen molar-refractivity contribution in [1.82, 2.24) is 5.32 Å². The monoisotopic (exact) mass is 375 g/mol. The molecule has 5 nitrogen and oxygen atoms in total. The van der Waals surface area contributed by atoms with Crippen LogP contribution in [0.4, 0.5) is 18.9 Å². The van der Waals surface area contributed by atoms with Gasteiger partial charge in [0.2, 0.25) is 11.8 Å². The number of carbonyl (C=O) groups is 2. The minimum absolute atomic E-state index is 0.128. The van der Waals surface area contributed by atoms with Crippen LogP contribution in [0.5, 0.6) is 0 Å². The zero-order valence-electron chi connectivity index (χ0n) is 14.3. The summed E-state index contributed by atoms with van der Waals surface area (Å²) < 4.78 is 41.3. The molecule has 8 heteroatoms. The number of nitrogens with zero attached hydrogens (tertiary/aromatic N) is 1. The fourth-order valence-electron chi connectivity index (χ4n) is 3.06. The number of hydrogen-bond donors (Lipinski definition) is 2. The summed E-state index contributed by atoms with van der Waals surface area (Å²) in [4.78, 5) is 28.4. The van der Waals surface area contributed by atoms with E-state index >= 15 is 0 Å². The largest absolute Gasteiger partial charge is 0.355 e. The molecule has 2 amide bonds. The molecule has 0 radical (unpaired) electrons. The Morgan fingerprint density at radius 2 is 2.00 bits per heavy atom. The van der Waals surface area contributed by atoms with Crippen LogP contribution in [0.25, 0.3) is 0 Å². The van der Waals surface area contributed by atoms with E-state index in [4.69, 9.17) is 0 Å². The van der Waals surface area contributed by atoms with Crippen LogP contribution in [0.15, 0.2) is 41.4 Å². The Balaban J connectivity index is 1.87. The maximum absolute atomic E-state index is 14.2. The molecule has 2 aromatic rings. The molecule has 1 aliphatic rings. The molecule has 1 fully saturated rings. The van der Waals surface area contributed by atoms with Crippen LogP contribution < -0.4 is 10.6 Å². The number of aliphatic imine (C=N–C) groups is 1. The van der Waals surface area contributed by atoms with E-state index in [1.165, 1.54) is 37.5 Å². The second-order valence-corrected chi connectivity index (χ2v) is 6.09. The Kier molecular flexibility index (Phi) is 5.25. The molecule has 0 unspecified atom stereocenters. The van der Waals surface area contributed by atoms with Crippen LogP contribution in [0.2, 0.25) is 0 Å². The third-order valence-corrected chi connectivity index (χ3v) is 4.39. The second kappa shape index (κ2) is 7.61. The van der Waals surface area contributed by atoms with Gasteiger partial charge in [-0.2, -0.15) is 0 Å². The number of amides is 2. The minimum atomic E-state index is -1.21. The van der Waals surface area contributed by atoms with Crippen LogP contribution in [-0.4, -0.2) is 31.6 Å². The van der Waals surface area contributed by atoms with Crippen molar-refractivity contribution in [2.45, 2.75) is 5.92 Å². The molecule has 27 heavy (non-hydrogen) atoms. The third kappa shape index (κ3) is 3.69. The molecule has 0 spiro atoms. The molecule has 0 aliphatic carbocycles. The molecule has 2 atom stereocenters. The molecule has 0 saturated carbocycles. The number of halogens is 3. The molecule has 2 N–H and O–H groups in total. The Labute approximate surface area is 153 Å². The smallest absolute Gasteiger partial charge is 0.237 e. The van der Waals surface area contributed by atoms with Gasteiger partial charge in [-0.05, 0) is 23.8 Å². The molecular formula is C19H16F3N3O2. The Bertz CT molecular complexity index is 930. The maximum Gasteiger partial charge on any atom is 0.237 e. The van der Waals surface area contributed by atoms with Crippen molar-refractivity contribution in [3.05, 3.63) is 65.0 Å². The van der Waals surface area contributed by atoms with Crippen LogP contribution in [0, 0.1) is 23.4 Å². The highest BCUT2D eigenvalue weighted by Crippen LogP contribution is 2.31. The number of hydrogen-bond acceptors (Lipinski definition) is 3. The molecular weight excluding hydrogens is 359 g/mol. The highest BCUT2D eigenvalue weighted by atomic mass is 19.2. The molecule has 0 bridgehead atoms. The van der Waals surface area contributed by atoms with Crippen LogP contribution in [0.1, 0.15) is 17.0 Å². The number of anilines is 1. The van der Waals surface area contributed by atoms with Gasteiger partial charge in [0, 0.05) is 31.3 Å². The van der Waals surface area contributed by atoms with Crippen molar-refractivity contribution in [2.24, 2.45) is 10.9 Å². The quantitative estimate of drug-likeness (QED) is 0.637. The normalized spacial score (nSPS) is 19.3. The zero-order chi connectivity index (χ0) is 19.6. The Hall–Kier alpha value is -3.16. The summed E-state index contributed by atoms with van der Waals surface area (Å²) in [5.74, 6) is -6.06. The van der Waals surface area contributed by atoms with Gasteiger partial charge in [-0.15, -0.1) is 0 Å². The molecule has 0 aromatic heterocycles. The fraction of sp³-hybridized carbons (Fsp3) is 0.211.